The van der Waals surface area contributed by atoms with Crippen molar-refractivity contribution in [2.24, 2.45) is 11.6 Å². The molecule has 0 aromatic heterocycles. The largest absolute Gasteiger partial charge is 0.442 e. The van der Waals surface area contributed by atoms with E-state index < -0.39 is 23.8 Å². The zero-order chi connectivity index (χ0) is 19.6. The highest BCUT2D eigenvalue weighted by Gasteiger charge is 2.35. The highest BCUT2D eigenvalue weighted by molar-refractivity contribution is 5.92. The number of amides is 1. The Kier molecular flexibility index (Phi) is 5.26. The van der Waals surface area contributed by atoms with Gasteiger partial charge in [-0.05, 0) is 18.2 Å². The van der Waals surface area contributed by atoms with Crippen LogP contribution in [0.15, 0.2) is 36.8 Å². The number of nitrogens with two attached hydrogens (primary N) is 2. The van der Waals surface area contributed by atoms with Crippen LogP contribution in [0.25, 0.3) is 0 Å². The molecule has 0 aliphatic carbocycles. The number of ether oxygens (including phenoxy) is 1. The fourth-order valence-corrected chi connectivity index (χ4v) is 2.94. The first-order chi connectivity index (χ1) is 12.9. The second-order valence-corrected chi connectivity index (χ2v) is 6.11. The lowest BCUT2D eigenvalue weighted by Crippen LogP contribution is -2.36. The van der Waals surface area contributed by atoms with Crippen LogP contribution in [0.4, 0.5) is 25.0 Å². The monoisotopic (exact) mass is 379 g/mol. The summed E-state index contributed by atoms with van der Waals surface area (Å²) in [6, 6.07) is 2.67. The number of hydrogen-bond donors (Lipinski definition) is 2. The maximum atomic E-state index is 14.6. The Morgan fingerprint density at radius 2 is 1.96 bits per heavy atom. The summed E-state index contributed by atoms with van der Waals surface area (Å²) in [4.78, 5) is 25.8. The van der Waals surface area contributed by atoms with Crippen LogP contribution in [0.2, 0.25) is 0 Å². The van der Waals surface area contributed by atoms with Gasteiger partial charge in [-0.1, -0.05) is 0 Å². The number of carbonyl (C=O) groups excluding carboxylic acids is 2. The summed E-state index contributed by atoms with van der Waals surface area (Å²) >= 11 is 0. The van der Waals surface area contributed by atoms with Crippen molar-refractivity contribution in [2.45, 2.75) is 12.5 Å². The van der Waals surface area contributed by atoms with Crippen molar-refractivity contribution in [3.05, 3.63) is 48.4 Å². The molecule has 8 nitrogen and oxygen atoms in total. The van der Waals surface area contributed by atoms with Gasteiger partial charge in [0.2, 0.25) is 0 Å². The van der Waals surface area contributed by atoms with Crippen LogP contribution in [0.1, 0.15) is 6.42 Å². The first-order valence-electron chi connectivity index (χ1n) is 8.24. The highest BCUT2D eigenvalue weighted by atomic mass is 19.2. The molecule has 4 N–H and O–H groups in total. The maximum absolute atomic E-state index is 14.6. The number of allylic oxidation sites excluding steroid dienone is 1. The maximum Gasteiger partial charge on any atom is 0.414 e. The van der Waals surface area contributed by atoms with Gasteiger partial charge < -0.3 is 20.4 Å². The molecular formula is C17H19F2N5O3. The molecule has 0 spiro atoms. The molecule has 1 unspecified atom stereocenters. The second kappa shape index (κ2) is 7.62. The van der Waals surface area contributed by atoms with Gasteiger partial charge in [-0.15, -0.1) is 0 Å². The number of cyclic esters (lactones) is 1. The topological polar surface area (TPSA) is 105 Å². The Balaban J connectivity index is 1.79. The number of benzene rings is 1. The van der Waals surface area contributed by atoms with Crippen LogP contribution >= 0.6 is 0 Å². The summed E-state index contributed by atoms with van der Waals surface area (Å²) < 4.78 is 34.3. The molecule has 0 bridgehead atoms. The third-order valence-electron chi connectivity index (χ3n) is 4.25. The number of hydrazine groups is 1. The molecule has 3 rings (SSSR count). The Labute approximate surface area is 154 Å². The van der Waals surface area contributed by atoms with E-state index in [0.29, 0.717) is 0 Å². The van der Waals surface area contributed by atoms with Gasteiger partial charge in [0.1, 0.15) is 6.10 Å². The average Bonchev–Trinajstić information content (AvgIpc) is 2.98. The molecule has 1 amide bonds. The van der Waals surface area contributed by atoms with Crippen molar-refractivity contribution in [2.75, 3.05) is 29.4 Å². The lowest BCUT2D eigenvalue weighted by atomic mass is 10.1. The van der Waals surface area contributed by atoms with E-state index in [1.54, 1.807) is 0 Å². The van der Waals surface area contributed by atoms with E-state index in [2.05, 4.69) is 0 Å². The summed E-state index contributed by atoms with van der Waals surface area (Å²) in [7, 11) is 0. The molecule has 2 heterocycles. The van der Waals surface area contributed by atoms with E-state index in [1.807, 2.05) is 0 Å². The molecule has 0 radical (unpaired) electrons. The number of nitrogens with zero attached hydrogens (tertiary/aromatic N) is 3. The fourth-order valence-electron chi connectivity index (χ4n) is 2.94. The van der Waals surface area contributed by atoms with Gasteiger partial charge >= 0.3 is 6.09 Å². The van der Waals surface area contributed by atoms with E-state index in [-0.39, 0.29) is 43.2 Å². The van der Waals surface area contributed by atoms with E-state index in [9.17, 15) is 18.4 Å². The fraction of sp³-hybridized carbons (Fsp3) is 0.294. The summed E-state index contributed by atoms with van der Waals surface area (Å²) in [5.41, 5.74) is 5.00. The van der Waals surface area contributed by atoms with Gasteiger partial charge in [-0.25, -0.2) is 19.4 Å². The smallest absolute Gasteiger partial charge is 0.414 e. The van der Waals surface area contributed by atoms with Crippen LogP contribution in [0, 0.1) is 11.6 Å². The predicted octanol–water partition coefficient (Wildman–Crippen LogP) is 1.19. The van der Waals surface area contributed by atoms with Gasteiger partial charge in [0, 0.05) is 31.6 Å². The van der Waals surface area contributed by atoms with Gasteiger partial charge in [0.15, 0.2) is 17.4 Å². The normalized spacial score (nSPS) is 19.9. The lowest BCUT2D eigenvalue weighted by Gasteiger charge is -2.24. The van der Waals surface area contributed by atoms with E-state index in [1.165, 1.54) is 46.7 Å². The number of carbonyl (C=O) groups is 2. The lowest BCUT2D eigenvalue weighted by molar-refractivity contribution is -0.114. The Morgan fingerprint density at radius 3 is 2.63 bits per heavy atom. The number of halogens is 2. The first kappa shape index (κ1) is 18.6. The van der Waals surface area contributed by atoms with Crippen LogP contribution in [-0.4, -0.2) is 42.6 Å². The molecule has 1 aromatic carbocycles. The molecule has 144 valence electrons. The molecular weight excluding hydrogens is 360 g/mol. The molecule has 1 atom stereocenters. The molecule has 1 fully saturated rings. The molecule has 0 saturated carbocycles. The van der Waals surface area contributed by atoms with Crippen molar-refractivity contribution in [3.8, 4) is 0 Å². The van der Waals surface area contributed by atoms with Crippen LogP contribution in [-0.2, 0) is 9.53 Å². The van der Waals surface area contributed by atoms with Crippen LogP contribution < -0.4 is 21.4 Å². The van der Waals surface area contributed by atoms with E-state index in [0.717, 1.165) is 4.90 Å². The third-order valence-corrected chi connectivity index (χ3v) is 4.25. The third kappa shape index (κ3) is 3.85. The molecule has 10 heteroatoms. The SMILES string of the molecule is N/C=C\N(N)CC1CN(c2ccc(N3C=CC(=O)CC3)c(F)c2F)C(=O)O1. The van der Waals surface area contributed by atoms with Gasteiger partial charge in [-0.3, -0.25) is 9.69 Å². The van der Waals surface area contributed by atoms with Crippen LogP contribution in [0.3, 0.4) is 0 Å². The minimum Gasteiger partial charge on any atom is -0.442 e. The summed E-state index contributed by atoms with van der Waals surface area (Å²) in [5, 5.41) is 1.23. The Hall–Kier alpha value is -3.14. The number of rotatable bonds is 5. The molecule has 2 aliphatic heterocycles. The molecule has 1 aromatic rings. The van der Waals surface area contributed by atoms with Gasteiger partial charge in [0.05, 0.1) is 24.5 Å². The quantitative estimate of drug-likeness (QED) is 0.585. The van der Waals surface area contributed by atoms with Crippen molar-refractivity contribution in [3.63, 3.8) is 0 Å². The predicted molar refractivity (Wildman–Crippen MR) is 94.3 cm³/mol. The van der Waals surface area contributed by atoms with Crippen molar-refractivity contribution >= 4 is 23.3 Å². The number of hydrogen-bond acceptors (Lipinski definition) is 7. The van der Waals surface area contributed by atoms with Crippen LogP contribution in [0.5, 0.6) is 0 Å². The Morgan fingerprint density at radius 1 is 1.26 bits per heavy atom. The zero-order valence-electron chi connectivity index (χ0n) is 14.3. The summed E-state index contributed by atoms with van der Waals surface area (Å²) in [6.45, 7) is 0.406. The summed E-state index contributed by atoms with van der Waals surface area (Å²) in [6.07, 6.45) is 4.13. The highest BCUT2D eigenvalue weighted by Crippen LogP contribution is 2.32. The zero-order valence-corrected chi connectivity index (χ0v) is 14.3. The minimum absolute atomic E-state index is 0.00895. The average molecular weight is 379 g/mol. The van der Waals surface area contributed by atoms with E-state index >= 15 is 0 Å². The van der Waals surface area contributed by atoms with Gasteiger partial charge in [-0.2, -0.15) is 0 Å². The molecule has 1 saturated heterocycles. The van der Waals surface area contributed by atoms with Crippen molar-refractivity contribution in [1.82, 2.24) is 5.01 Å². The standard InChI is InChI=1S/C17H19F2N5O3/c18-15-13(22-6-3-11(25)4-7-22)1-2-14(16(15)19)24-10-12(27-17(24)26)9-23(21)8-5-20/h1-3,5-6,8,12H,4,7,9-10,20-21H2/b8-5-. The summed E-state index contributed by atoms with van der Waals surface area (Å²) in [5.74, 6) is 3.30. The number of anilines is 2. The minimum atomic E-state index is -1.16. The second-order valence-electron chi connectivity index (χ2n) is 6.11. The molecule has 27 heavy (non-hydrogen) atoms. The number of ketones is 1. The van der Waals surface area contributed by atoms with Crippen molar-refractivity contribution < 1.29 is 23.1 Å². The first-order valence-corrected chi connectivity index (χ1v) is 8.24. The van der Waals surface area contributed by atoms with E-state index in [4.69, 9.17) is 16.3 Å². The van der Waals surface area contributed by atoms with Gasteiger partial charge in [0.25, 0.3) is 0 Å². The van der Waals surface area contributed by atoms with Crippen molar-refractivity contribution in [1.29, 1.82) is 0 Å². The Bertz CT molecular complexity index is 814. The molecule has 2 aliphatic rings.